The molecule has 1 heteroatoms. The van der Waals surface area contributed by atoms with Crippen LogP contribution in [0.4, 0.5) is 17.1 Å². The third-order valence-corrected chi connectivity index (χ3v) is 12.8. The van der Waals surface area contributed by atoms with Crippen molar-refractivity contribution in [3.05, 3.63) is 269 Å². The molecule has 0 saturated carbocycles. The van der Waals surface area contributed by atoms with Crippen molar-refractivity contribution in [3.8, 4) is 33.4 Å². The molecule has 2 aliphatic carbocycles. The molecular weight excluding hydrogens is 699 g/mol. The van der Waals surface area contributed by atoms with Crippen LogP contribution in [0.15, 0.2) is 231 Å². The van der Waals surface area contributed by atoms with Gasteiger partial charge in [-0.1, -0.05) is 200 Å². The van der Waals surface area contributed by atoms with Crippen LogP contribution in [0.3, 0.4) is 0 Å². The van der Waals surface area contributed by atoms with E-state index in [1.807, 2.05) is 0 Å². The van der Waals surface area contributed by atoms with E-state index >= 15 is 0 Å². The first kappa shape index (κ1) is 34.1. The molecule has 0 radical (unpaired) electrons. The van der Waals surface area contributed by atoms with Crippen LogP contribution in [0.1, 0.15) is 45.9 Å². The van der Waals surface area contributed by atoms with Crippen molar-refractivity contribution < 1.29 is 0 Å². The zero-order valence-electron chi connectivity index (χ0n) is 32.4. The quantitative estimate of drug-likeness (QED) is 0.157. The fourth-order valence-corrected chi connectivity index (χ4v) is 10.2. The lowest BCUT2D eigenvalue weighted by atomic mass is 9.68. The van der Waals surface area contributed by atoms with E-state index < -0.39 is 5.41 Å². The average Bonchev–Trinajstić information content (AvgIpc) is 3.76. The fourth-order valence-electron chi connectivity index (χ4n) is 10.2. The molecule has 1 unspecified atom stereocenters. The number of nitrogens with zero attached hydrogens (tertiary/aromatic N) is 1. The molecule has 0 aliphatic heterocycles. The highest BCUT2D eigenvalue weighted by molar-refractivity contribution is 5.98. The van der Waals surface area contributed by atoms with Crippen molar-refractivity contribution in [2.45, 2.75) is 17.8 Å². The van der Waals surface area contributed by atoms with E-state index in [-0.39, 0.29) is 5.41 Å². The van der Waals surface area contributed by atoms with Gasteiger partial charge in [0.15, 0.2) is 0 Å². The summed E-state index contributed by atoms with van der Waals surface area (Å²) in [5.74, 6) is 0. The SMILES string of the molecule is CC1(c2ccccc2)c2ccccc2-c2ccc(N(c3ccc(-c4ccccc4)cc3)c3cccc4c3-c3ccccc3C4(c3ccccc3)c3ccccc3)cc21. The van der Waals surface area contributed by atoms with Crippen LogP contribution in [0, 0.1) is 0 Å². The molecule has 1 nitrogen and oxygen atoms in total. The zero-order chi connectivity index (χ0) is 38.7. The van der Waals surface area contributed by atoms with Crippen LogP contribution >= 0.6 is 0 Å². The molecule has 0 N–H and O–H groups in total. The van der Waals surface area contributed by atoms with Gasteiger partial charge in [0.05, 0.1) is 11.1 Å². The lowest BCUT2D eigenvalue weighted by Crippen LogP contribution is -2.28. The molecule has 0 aromatic heterocycles. The second-order valence-corrected chi connectivity index (χ2v) is 15.7. The van der Waals surface area contributed by atoms with Gasteiger partial charge in [0, 0.05) is 22.4 Å². The molecule has 9 aromatic rings. The maximum Gasteiger partial charge on any atom is 0.0714 e. The van der Waals surface area contributed by atoms with Crippen LogP contribution in [0.5, 0.6) is 0 Å². The van der Waals surface area contributed by atoms with Crippen molar-refractivity contribution in [2.75, 3.05) is 4.90 Å². The van der Waals surface area contributed by atoms with Gasteiger partial charge in [0.2, 0.25) is 0 Å². The lowest BCUT2D eigenvalue weighted by molar-refractivity contribution is 0.714. The number of anilines is 3. The van der Waals surface area contributed by atoms with Crippen molar-refractivity contribution in [3.63, 3.8) is 0 Å². The van der Waals surface area contributed by atoms with Crippen LogP contribution in [0.2, 0.25) is 0 Å². The minimum Gasteiger partial charge on any atom is -0.310 e. The van der Waals surface area contributed by atoms with E-state index in [0.717, 1.165) is 17.1 Å². The Morgan fingerprint density at radius 2 is 0.810 bits per heavy atom. The highest BCUT2D eigenvalue weighted by Crippen LogP contribution is 2.60. The third kappa shape index (κ3) is 4.96. The third-order valence-electron chi connectivity index (χ3n) is 12.8. The predicted molar refractivity (Wildman–Crippen MR) is 241 cm³/mol. The Labute approximate surface area is 341 Å². The maximum absolute atomic E-state index is 2.51. The topological polar surface area (TPSA) is 3.24 Å². The minimum atomic E-state index is -0.501. The van der Waals surface area contributed by atoms with Gasteiger partial charge in [-0.25, -0.2) is 0 Å². The number of hydrogen-bond donors (Lipinski definition) is 0. The Morgan fingerprint density at radius 1 is 0.328 bits per heavy atom. The van der Waals surface area contributed by atoms with Crippen LogP contribution < -0.4 is 4.90 Å². The first-order valence-electron chi connectivity index (χ1n) is 20.3. The van der Waals surface area contributed by atoms with Crippen molar-refractivity contribution >= 4 is 17.1 Å². The van der Waals surface area contributed by atoms with Gasteiger partial charge in [0.25, 0.3) is 0 Å². The van der Waals surface area contributed by atoms with Gasteiger partial charge in [-0.15, -0.1) is 0 Å². The Bertz CT molecular complexity index is 2890. The summed E-state index contributed by atoms with van der Waals surface area (Å²) in [4.78, 5) is 2.51. The predicted octanol–water partition coefficient (Wildman–Crippen LogP) is 14.5. The Hall–Kier alpha value is -7.22. The monoisotopic (exact) mass is 739 g/mol. The molecule has 0 bridgehead atoms. The molecule has 11 rings (SSSR count). The van der Waals surface area contributed by atoms with E-state index in [4.69, 9.17) is 0 Å². The molecule has 58 heavy (non-hydrogen) atoms. The molecular formula is C57H41N. The molecule has 1 atom stereocenters. The molecule has 9 aromatic carbocycles. The summed E-state index contributed by atoms with van der Waals surface area (Å²) >= 11 is 0. The minimum absolute atomic E-state index is 0.326. The second-order valence-electron chi connectivity index (χ2n) is 15.7. The van der Waals surface area contributed by atoms with Crippen molar-refractivity contribution in [1.29, 1.82) is 0 Å². The Morgan fingerprint density at radius 3 is 1.47 bits per heavy atom. The first-order valence-corrected chi connectivity index (χ1v) is 20.3. The van der Waals surface area contributed by atoms with E-state index in [0.29, 0.717) is 0 Å². The normalized spacial score (nSPS) is 15.5. The van der Waals surface area contributed by atoms with Gasteiger partial charge < -0.3 is 4.90 Å². The molecule has 274 valence electrons. The van der Waals surface area contributed by atoms with E-state index in [2.05, 4.69) is 242 Å². The molecule has 0 fully saturated rings. The van der Waals surface area contributed by atoms with Crippen molar-refractivity contribution in [2.24, 2.45) is 0 Å². The van der Waals surface area contributed by atoms with Crippen LogP contribution in [0.25, 0.3) is 33.4 Å². The Balaban J connectivity index is 1.19. The summed E-state index contributed by atoms with van der Waals surface area (Å²) in [6, 6.07) is 85.1. The van der Waals surface area contributed by atoms with E-state index in [9.17, 15) is 0 Å². The first-order chi connectivity index (χ1) is 28.7. The fraction of sp³-hybridized carbons (Fsp3) is 0.0526. The van der Waals surface area contributed by atoms with Gasteiger partial charge in [-0.05, 0) is 104 Å². The number of benzene rings is 9. The van der Waals surface area contributed by atoms with Gasteiger partial charge >= 0.3 is 0 Å². The van der Waals surface area contributed by atoms with Gasteiger partial charge in [-0.3, -0.25) is 0 Å². The molecule has 0 saturated heterocycles. The van der Waals surface area contributed by atoms with Crippen LogP contribution in [-0.2, 0) is 10.8 Å². The second kappa shape index (κ2) is 13.5. The summed E-state index contributed by atoms with van der Waals surface area (Å²) < 4.78 is 0. The standard InChI is InChI=1S/C57H41N/c1-56(42-21-8-3-9-22-42)50-29-16-14-27-47(50)48-38-37-46(39-53(48)56)58(45-35-33-41(34-36-45)40-19-6-2-7-20-40)54-32-18-31-52-55(54)49-28-15-17-30-51(49)57(52,43-23-10-4-11-24-43)44-25-12-5-13-26-44/h2-39H,1H3. The number of hydrogen-bond acceptors (Lipinski definition) is 1. The van der Waals surface area contributed by atoms with Gasteiger partial charge in [0.1, 0.15) is 0 Å². The van der Waals surface area contributed by atoms with E-state index in [1.165, 1.54) is 72.3 Å². The van der Waals surface area contributed by atoms with E-state index in [1.54, 1.807) is 0 Å². The summed E-state index contributed by atoms with van der Waals surface area (Å²) in [7, 11) is 0. The smallest absolute Gasteiger partial charge is 0.0714 e. The average molecular weight is 740 g/mol. The van der Waals surface area contributed by atoms with Gasteiger partial charge in [-0.2, -0.15) is 0 Å². The van der Waals surface area contributed by atoms with Crippen LogP contribution in [-0.4, -0.2) is 0 Å². The highest BCUT2D eigenvalue weighted by atomic mass is 15.1. The maximum atomic E-state index is 2.51. The van der Waals surface area contributed by atoms with Crippen molar-refractivity contribution in [1.82, 2.24) is 0 Å². The Kier molecular flexibility index (Phi) is 7.91. The highest BCUT2D eigenvalue weighted by Gasteiger charge is 2.47. The molecule has 0 spiro atoms. The zero-order valence-corrected chi connectivity index (χ0v) is 32.4. The number of rotatable bonds is 7. The summed E-state index contributed by atoms with van der Waals surface area (Å²) in [6.07, 6.45) is 0. The number of fused-ring (bicyclic) bond motifs is 6. The summed E-state index contributed by atoms with van der Waals surface area (Å²) in [5, 5.41) is 0. The summed E-state index contributed by atoms with van der Waals surface area (Å²) in [5.41, 5.74) is 19.2. The summed E-state index contributed by atoms with van der Waals surface area (Å²) in [6.45, 7) is 2.40. The molecule has 0 amide bonds. The molecule has 0 heterocycles. The molecule has 2 aliphatic rings. The lowest BCUT2D eigenvalue weighted by Gasteiger charge is -2.34. The largest absolute Gasteiger partial charge is 0.310 e.